The molecule has 1 saturated heterocycles. The highest BCUT2D eigenvalue weighted by Crippen LogP contribution is 2.29. The molecule has 0 aromatic carbocycles. The normalized spacial score (nSPS) is 27.8. The minimum Gasteiger partial charge on any atom is -0.392 e. The Bertz CT molecular complexity index is 337. The van der Waals surface area contributed by atoms with Crippen molar-refractivity contribution < 1.29 is 9.63 Å². The van der Waals surface area contributed by atoms with Gasteiger partial charge in [-0.2, -0.15) is 4.98 Å². The van der Waals surface area contributed by atoms with Crippen LogP contribution in [0, 0.1) is 0 Å². The van der Waals surface area contributed by atoms with Crippen LogP contribution in [0.5, 0.6) is 0 Å². The predicted octanol–water partition coefficient (Wildman–Crippen LogP) is 0.931. The molecule has 0 amide bonds. The second-order valence-corrected chi connectivity index (χ2v) is 4.49. The number of rotatable bonds is 2. The van der Waals surface area contributed by atoms with E-state index in [0.717, 1.165) is 5.82 Å². The number of aliphatic hydroxyl groups excluding tert-OH is 1. The molecule has 0 aliphatic carbocycles. The van der Waals surface area contributed by atoms with Crippen LogP contribution in [0.2, 0.25) is 0 Å². The molecule has 1 aliphatic heterocycles. The molecule has 2 atom stereocenters. The van der Waals surface area contributed by atoms with Crippen molar-refractivity contribution in [1.82, 2.24) is 15.0 Å². The summed E-state index contributed by atoms with van der Waals surface area (Å²) in [6, 6.07) is 0.0694. The summed E-state index contributed by atoms with van der Waals surface area (Å²) in [7, 11) is 1.96. The fourth-order valence-corrected chi connectivity index (χ4v) is 1.88. The second kappa shape index (κ2) is 3.90. The van der Waals surface area contributed by atoms with E-state index < -0.39 is 0 Å². The Labute approximate surface area is 89.1 Å². The molecule has 84 valence electrons. The van der Waals surface area contributed by atoms with Crippen molar-refractivity contribution in [3.63, 3.8) is 0 Å². The lowest BCUT2D eigenvalue weighted by Crippen LogP contribution is -2.19. The van der Waals surface area contributed by atoms with Crippen LogP contribution < -0.4 is 0 Å². The number of aliphatic hydroxyl groups is 1. The van der Waals surface area contributed by atoms with Gasteiger partial charge in [-0.25, -0.2) is 0 Å². The number of nitrogens with zero attached hydrogens (tertiary/aromatic N) is 3. The fraction of sp³-hybridized carbons (Fsp3) is 0.800. The third-order valence-corrected chi connectivity index (χ3v) is 2.79. The first kappa shape index (κ1) is 10.6. The number of likely N-dealkylation sites (tertiary alicyclic amines) is 1. The third kappa shape index (κ3) is 2.03. The number of β-amino-alcohol motifs (C(OH)–C–C–N with tert-alkyl or cyclic N) is 1. The maximum Gasteiger partial charge on any atom is 0.244 e. The first-order valence-electron chi connectivity index (χ1n) is 5.29. The van der Waals surface area contributed by atoms with Crippen molar-refractivity contribution >= 4 is 0 Å². The van der Waals surface area contributed by atoms with Crippen molar-refractivity contribution in [3.8, 4) is 0 Å². The molecule has 1 aromatic rings. The van der Waals surface area contributed by atoms with Gasteiger partial charge in [0.05, 0.1) is 12.1 Å². The highest BCUT2D eigenvalue weighted by molar-refractivity contribution is 5.00. The monoisotopic (exact) mass is 211 g/mol. The molecule has 0 radical (unpaired) electrons. The molecular formula is C10H17N3O2. The van der Waals surface area contributed by atoms with Gasteiger partial charge >= 0.3 is 0 Å². The minimum absolute atomic E-state index is 0.0694. The van der Waals surface area contributed by atoms with Gasteiger partial charge in [-0.05, 0) is 13.5 Å². The summed E-state index contributed by atoms with van der Waals surface area (Å²) in [5.41, 5.74) is 0. The van der Waals surface area contributed by atoms with Crippen LogP contribution in [-0.4, -0.2) is 39.8 Å². The van der Waals surface area contributed by atoms with E-state index in [1.807, 2.05) is 25.8 Å². The summed E-state index contributed by atoms with van der Waals surface area (Å²) in [4.78, 5) is 6.39. The molecular weight excluding hydrogens is 194 g/mol. The standard InChI is InChI=1S/C10H17N3O2/c1-6(2)9-11-10(15-12-9)8-4-7(14)5-13(8)3/h6-8,14H,4-5H2,1-3H3. The molecule has 2 unspecified atom stereocenters. The van der Waals surface area contributed by atoms with Crippen LogP contribution >= 0.6 is 0 Å². The summed E-state index contributed by atoms with van der Waals surface area (Å²) in [5.74, 6) is 1.64. The Morgan fingerprint density at radius 3 is 2.73 bits per heavy atom. The number of hydrogen-bond donors (Lipinski definition) is 1. The van der Waals surface area contributed by atoms with Gasteiger partial charge in [0.15, 0.2) is 5.82 Å². The van der Waals surface area contributed by atoms with Gasteiger partial charge in [-0.3, -0.25) is 4.90 Å². The Morgan fingerprint density at radius 1 is 1.53 bits per heavy atom. The van der Waals surface area contributed by atoms with Crippen molar-refractivity contribution in [2.45, 2.75) is 38.3 Å². The molecule has 0 saturated carbocycles. The fourth-order valence-electron chi connectivity index (χ4n) is 1.88. The van der Waals surface area contributed by atoms with Crippen LogP contribution in [0.15, 0.2) is 4.52 Å². The van der Waals surface area contributed by atoms with E-state index in [9.17, 15) is 5.11 Å². The van der Waals surface area contributed by atoms with Gasteiger partial charge in [-0.15, -0.1) is 0 Å². The largest absolute Gasteiger partial charge is 0.392 e. The highest BCUT2D eigenvalue weighted by atomic mass is 16.5. The first-order valence-corrected chi connectivity index (χ1v) is 5.29. The van der Waals surface area contributed by atoms with E-state index in [-0.39, 0.29) is 18.1 Å². The Kier molecular flexibility index (Phi) is 2.75. The van der Waals surface area contributed by atoms with E-state index in [4.69, 9.17) is 4.52 Å². The summed E-state index contributed by atoms with van der Waals surface area (Å²) in [5, 5.41) is 13.4. The molecule has 2 rings (SSSR count). The van der Waals surface area contributed by atoms with Crippen molar-refractivity contribution in [3.05, 3.63) is 11.7 Å². The molecule has 5 nitrogen and oxygen atoms in total. The maximum atomic E-state index is 9.52. The Hall–Kier alpha value is -0.940. The molecule has 1 N–H and O–H groups in total. The van der Waals surface area contributed by atoms with Crippen LogP contribution in [0.4, 0.5) is 0 Å². The van der Waals surface area contributed by atoms with Gasteiger partial charge in [-0.1, -0.05) is 19.0 Å². The van der Waals surface area contributed by atoms with Crippen LogP contribution in [-0.2, 0) is 0 Å². The summed E-state index contributed by atoms with van der Waals surface area (Å²) in [6.07, 6.45) is 0.394. The average Bonchev–Trinajstić information content (AvgIpc) is 2.71. The zero-order chi connectivity index (χ0) is 11.0. The highest BCUT2D eigenvalue weighted by Gasteiger charge is 2.33. The van der Waals surface area contributed by atoms with Gasteiger partial charge in [0.2, 0.25) is 5.89 Å². The zero-order valence-electron chi connectivity index (χ0n) is 9.34. The molecule has 1 fully saturated rings. The van der Waals surface area contributed by atoms with Crippen LogP contribution in [0.3, 0.4) is 0 Å². The molecule has 1 aromatic heterocycles. The van der Waals surface area contributed by atoms with Crippen molar-refractivity contribution in [2.75, 3.05) is 13.6 Å². The van der Waals surface area contributed by atoms with Crippen LogP contribution in [0.1, 0.15) is 43.9 Å². The lowest BCUT2D eigenvalue weighted by molar-refractivity contribution is 0.182. The maximum absolute atomic E-state index is 9.52. The lowest BCUT2D eigenvalue weighted by atomic mass is 10.2. The Balaban J connectivity index is 2.15. The summed E-state index contributed by atoms with van der Waals surface area (Å²) >= 11 is 0. The molecule has 5 heteroatoms. The predicted molar refractivity (Wildman–Crippen MR) is 54.4 cm³/mol. The molecule has 1 aliphatic rings. The third-order valence-electron chi connectivity index (χ3n) is 2.79. The van der Waals surface area contributed by atoms with E-state index in [1.165, 1.54) is 0 Å². The van der Waals surface area contributed by atoms with Gasteiger partial charge in [0.25, 0.3) is 0 Å². The van der Waals surface area contributed by atoms with E-state index >= 15 is 0 Å². The second-order valence-electron chi connectivity index (χ2n) is 4.49. The SMILES string of the molecule is CC(C)c1noc(C2CC(O)CN2C)n1. The topological polar surface area (TPSA) is 62.4 Å². The number of hydrogen-bond acceptors (Lipinski definition) is 5. The quantitative estimate of drug-likeness (QED) is 0.788. The summed E-state index contributed by atoms with van der Waals surface area (Å²) < 4.78 is 5.21. The van der Waals surface area contributed by atoms with E-state index in [1.54, 1.807) is 0 Å². The lowest BCUT2D eigenvalue weighted by Gasteiger charge is -2.13. The van der Waals surface area contributed by atoms with Gasteiger partial charge < -0.3 is 9.63 Å². The number of aromatic nitrogens is 2. The van der Waals surface area contributed by atoms with Gasteiger partial charge in [0.1, 0.15) is 0 Å². The van der Waals surface area contributed by atoms with E-state index in [0.29, 0.717) is 18.9 Å². The van der Waals surface area contributed by atoms with Crippen molar-refractivity contribution in [1.29, 1.82) is 0 Å². The smallest absolute Gasteiger partial charge is 0.244 e. The Morgan fingerprint density at radius 2 is 2.27 bits per heavy atom. The first-order chi connectivity index (χ1) is 7.08. The zero-order valence-corrected chi connectivity index (χ0v) is 9.34. The van der Waals surface area contributed by atoms with E-state index in [2.05, 4.69) is 10.1 Å². The molecule has 0 bridgehead atoms. The molecule has 2 heterocycles. The number of likely N-dealkylation sites (N-methyl/N-ethyl adjacent to an activating group) is 1. The van der Waals surface area contributed by atoms with Crippen molar-refractivity contribution in [2.24, 2.45) is 0 Å². The average molecular weight is 211 g/mol. The summed E-state index contributed by atoms with van der Waals surface area (Å²) in [6.45, 7) is 4.73. The molecule has 0 spiro atoms. The van der Waals surface area contributed by atoms with Gasteiger partial charge in [0, 0.05) is 12.5 Å². The van der Waals surface area contributed by atoms with Crippen LogP contribution in [0.25, 0.3) is 0 Å². The minimum atomic E-state index is -0.283. The molecule has 15 heavy (non-hydrogen) atoms.